The Balaban J connectivity index is 3.73. The van der Waals surface area contributed by atoms with Gasteiger partial charge in [0.2, 0.25) is 5.91 Å². The molecule has 0 heterocycles. The maximum atomic E-state index is 12.3. The minimum atomic E-state index is -0.954. The van der Waals surface area contributed by atoms with E-state index in [1.165, 1.54) is 109 Å². The molecule has 0 aromatic carbocycles. The van der Waals surface area contributed by atoms with E-state index in [0.717, 1.165) is 44.9 Å². The summed E-state index contributed by atoms with van der Waals surface area (Å²) in [4.78, 5) is 12.3. The molecule has 0 spiro atoms. The Morgan fingerprint density at radius 3 is 1.52 bits per heavy atom. The van der Waals surface area contributed by atoms with Crippen LogP contribution in [0.25, 0.3) is 0 Å². The summed E-state index contributed by atoms with van der Waals surface area (Å²) in [5, 5.41) is 32.9. The zero-order valence-corrected chi connectivity index (χ0v) is 29.0. The van der Waals surface area contributed by atoms with Gasteiger partial charge >= 0.3 is 0 Å². The fourth-order valence-corrected chi connectivity index (χ4v) is 5.45. The molecule has 0 rings (SSSR count). The van der Waals surface area contributed by atoms with Gasteiger partial charge in [0.05, 0.1) is 31.3 Å². The first-order chi connectivity index (χ1) is 21.5. The summed E-state index contributed by atoms with van der Waals surface area (Å²) in [6.45, 7) is 4.12. The van der Waals surface area contributed by atoms with Gasteiger partial charge < -0.3 is 20.6 Å². The van der Waals surface area contributed by atoms with E-state index in [1.807, 2.05) is 6.08 Å². The lowest BCUT2D eigenvalue weighted by Crippen LogP contribution is -2.45. The number of hydrogen-bond donors (Lipinski definition) is 4. The standard InChI is InChI=1S/C39H73NO4/c1-3-5-7-9-11-13-14-15-16-17-18-19-20-21-22-23-24-25-27-29-31-33-38(43)37(35-41)40-39(44)34-36(42)32-30-28-26-12-10-8-6-4-2/h10,12,24-25,31,33,36-38,41-43H,3-9,11,13-23,26-30,32,34-35H2,1-2H3,(H,40,44)/b12-10-,25-24+,33-31+. The maximum Gasteiger partial charge on any atom is 0.222 e. The van der Waals surface area contributed by atoms with Crippen LogP contribution in [-0.2, 0) is 4.79 Å². The van der Waals surface area contributed by atoms with Gasteiger partial charge in [0.1, 0.15) is 0 Å². The van der Waals surface area contributed by atoms with Crippen LogP contribution in [0.2, 0.25) is 0 Å². The lowest BCUT2D eigenvalue weighted by molar-refractivity contribution is -0.124. The number of aliphatic hydroxyl groups is 3. The molecule has 3 unspecified atom stereocenters. The highest BCUT2D eigenvalue weighted by Gasteiger charge is 2.20. The molecule has 1 amide bonds. The number of carbonyl (C=O) groups is 1. The average molecular weight is 620 g/mol. The van der Waals surface area contributed by atoms with Crippen LogP contribution in [-0.4, -0.2) is 46.1 Å². The van der Waals surface area contributed by atoms with Crippen LogP contribution in [0.5, 0.6) is 0 Å². The zero-order chi connectivity index (χ0) is 32.4. The Hall–Kier alpha value is -1.43. The average Bonchev–Trinajstić information content (AvgIpc) is 3.01. The summed E-state index contributed by atoms with van der Waals surface area (Å²) < 4.78 is 0. The highest BCUT2D eigenvalue weighted by molar-refractivity contribution is 5.76. The predicted octanol–water partition coefficient (Wildman–Crippen LogP) is 10.0. The molecule has 44 heavy (non-hydrogen) atoms. The van der Waals surface area contributed by atoms with Gasteiger partial charge in [-0.05, 0) is 51.4 Å². The quantitative estimate of drug-likeness (QED) is 0.0435. The Kier molecular flexibility index (Phi) is 33.3. The van der Waals surface area contributed by atoms with Gasteiger partial charge in [-0.25, -0.2) is 0 Å². The van der Waals surface area contributed by atoms with Gasteiger partial charge in [0, 0.05) is 0 Å². The Bertz CT molecular complexity index is 690. The third kappa shape index (κ3) is 30.6. The summed E-state index contributed by atoms with van der Waals surface area (Å²) in [5.74, 6) is -0.342. The van der Waals surface area contributed by atoms with E-state index in [2.05, 4.69) is 43.5 Å². The normalized spacial score (nSPS) is 14.2. The Morgan fingerprint density at radius 2 is 1.00 bits per heavy atom. The van der Waals surface area contributed by atoms with Crippen molar-refractivity contribution >= 4 is 5.91 Å². The molecule has 0 aliphatic heterocycles. The molecular formula is C39H73NO4. The first-order valence-corrected chi connectivity index (χ1v) is 18.8. The van der Waals surface area contributed by atoms with E-state index >= 15 is 0 Å². The van der Waals surface area contributed by atoms with E-state index in [9.17, 15) is 20.1 Å². The largest absolute Gasteiger partial charge is 0.394 e. The molecular weight excluding hydrogens is 546 g/mol. The van der Waals surface area contributed by atoms with Crippen LogP contribution in [0.15, 0.2) is 36.5 Å². The third-order valence-electron chi connectivity index (χ3n) is 8.40. The van der Waals surface area contributed by atoms with Gasteiger partial charge in [-0.3, -0.25) is 4.79 Å². The lowest BCUT2D eigenvalue weighted by atomic mass is 10.0. The zero-order valence-electron chi connectivity index (χ0n) is 29.0. The van der Waals surface area contributed by atoms with Gasteiger partial charge in [0.15, 0.2) is 0 Å². The van der Waals surface area contributed by atoms with Crippen molar-refractivity contribution in [1.29, 1.82) is 0 Å². The van der Waals surface area contributed by atoms with Crippen LogP contribution in [0, 0.1) is 0 Å². The molecule has 0 aromatic heterocycles. The van der Waals surface area contributed by atoms with Gasteiger partial charge in [-0.2, -0.15) is 0 Å². The molecule has 258 valence electrons. The molecule has 0 aromatic rings. The number of carbonyl (C=O) groups excluding carboxylic acids is 1. The number of rotatable bonds is 33. The molecule has 0 saturated heterocycles. The second kappa shape index (κ2) is 34.4. The molecule has 0 radical (unpaired) electrons. The van der Waals surface area contributed by atoms with Gasteiger partial charge in [-0.15, -0.1) is 0 Å². The molecule has 0 aliphatic rings. The van der Waals surface area contributed by atoms with Crippen molar-refractivity contribution in [2.24, 2.45) is 0 Å². The first-order valence-electron chi connectivity index (χ1n) is 18.8. The summed E-state index contributed by atoms with van der Waals surface area (Å²) in [5.41, 5.74) is 0. The van der Waals surface area contributed by atoms with Crippen LogP contribution in [0.3, 0.4) is 0 Å². The van der Waals surface area contributed by atoms with Crippen molar-refractivity contribution in [3.05, 3.63) is 36.5 Å². The highest BCUT2D eigenvalue weighted by Crippen LogP contribution is 2.14. The molecule has 0 bridgehead atoms. The number of unbranched alkanes of at least 4 members (excludes halogenated alkanes) is 20. The van der Waals surface area contributed by atoms with E-state index in [4.69, 9.17) is 0 Å². The maximum absolute atomic E-state index is 12.3. The topological polar surface area (TPSA) is 89.8 Å². The Morgan fingerprint density at radius 1 is 0.568 bits per heavy atom. The van der Waals surface area contributed by atoms with E-state index in [0.29, 0.717) is 6.42 Å². The molecule has 0 fully saturated rings. The summed E-state index contributed by atoms with van der Waals surface area (Å²) in [6.07, 6.45) is 41.5. The first kappa shape index (κ1) is 42.6. The van der Waals surface area contributed by atoms with E-state index in [-0.39, 0.29) is 18.9 Å². The summed E-state index contributed by atoms with van der Waals surface area (Å²) in [7, 11) is 0. The number of aliphatic hydroxyl groups excluding tert-OH is 3. The predicted molar refractivity (Wildman–Crippen MR) is 190 cm³/mol. The minimum Gasteiger partial charge on any atom is -0.394 e. The van der Waals surface area contributed by atoms with E-state index in [1.54, 1.807) is 6.08 Å². The summed E-state index contributed by atoms with van der Waals surface area (Å²) in [6, 6.07) is -0.764. The van der Waals surface area contributed by atoms with Crippen molar-refractivity contribution < 1.29 is 20.1 Å². The van der Waals surface area contributed by atoms with Crippen molar-refractivity contribution in [1.82, 2.24) is 5.32 Å². The smallest absolute Gasteiger partial charge is 0.222 e. The molecule has 0 aliphatic carbocycles. The molecule has 0 saturated carbocycles. The fourth-order valence-electron chi connectivity index (χ4n) is 5.45. The second-order valence-electron chi connectivity index (χ2n) is 12.8. The minimum absolute atomic E-state index is 0.0105. The van der Waals surface area contributed by atoms with Crippen LogP contribution < -0.4 is 5.32 Å². The van der Waals surface area contributed by atoms with E-state index < -0.39 is 18.2 Å². The van der Waals surface area contributed by atoms with Crippen molar-refractivity contribution in [2.45, 2.75) is 199 Å². The summed E-state index contributed by atoms with van der Waals surface area (Å²) >= 11 is 0. The van der Waals surface area contributed by atoms with Crippen molar-refractivity contribution in [2.75, 3.05) is 6.61 Å². The lowest BCUT2D eigenvalue weighted by Gasteiger charge is -2.20. The van der Waals surface area contributed by atoms with Crippen LogP contribution in [0.4, 0.5) is 0 Å². The molecule has 5 heteroatoms. The number of hydrogen-bond acceptors (Lipinski definition) is 4. The fraction of sp³-hybridized carbons (Fsp3) is 0.821. The Labute approximate surface area is 273 Å². The number of allylic oxidation sites excluding steroid dienone is 5. The van der Waals surface area contributed by atoms with Crippen LogP contribution >= 0.6 is 0 Å². The molecule has 5 nitrogen and oxygen atoms in total. The number of nitrogens with one attached hydrogen (secondary N) is 1. The molecule has 4 N–H and O–H groups in total. The van der Waals surface area contributed by atoms with Gasteiger partial charge in [0.25, 0.3) is 0 Å². The second-order valence-corrected chi connectivity index (χ2v) is 12.8. The highest BCUT2D eigenvalue weighted by atomic mass is 16.3. The van der Waals surface area contributed by atoms with Gasteiger partial charge in [-0.1, -0.05) is 159 Å². The van der Waals surface area contributed by atoms with Crippen molar-refractivity contribution in [3.8, 4) is 0 Å². The number of amides is 1. The van der Waals surface area contributed by atoms with Crippen LogP contribution in [0.1, 0.15) is 181 Å². The third-order valence-corrected chi connectivity index (χ3v) is 8.40. The molecule has 3 atom stereocenters. The van der Waals surface area contributed by atoms with Crippen molar-refractivity contribution in [3.63, 3.8) is 0 Å². The monoisotopic (exact) mass is 620 g/mol. The SMILES string of the molecule is CCCC/C=C\CCCCC(O)CC(=O)NC(CO)C(O)/C=C/CC/C=C/CCCCCCCCCCCCCCCCC.